The minimum atomic E-state index is 0.223. The minimum absolute atomic E-state index is 0.223. The first-order valence-corrected chi connectivity index (χ1v) is 6.62. The van der Waals surface area contributed by atoms with Crippen molar-refractivity contribution in [3.05, 3.63) is 0 Å². The summed E-state index contributed by atoms with van der Waals surface area (Å²) in [6, 6.07) is 0.223. The Hall–Kier alpha value is -0.120. The molecule has 2 bridgehead atoms. The Kier molecular flexibility index (Phi) is 4.62. The summed E-state index contributed by atoms with van der Waals surface area (Å²) >= 11 is 0. The average molecular weight is 227 g/mol. The SMILES string of the molecule is COCCOCC(N)CC1CC2CCC1C2. The molecule has 4 unspecified atom stereocenters. The van der Waals surface area contributed by atoms with Crippen molar-refractivity contribution in [3.8, 4) is 0 Å². The number of ether oxygens (including phenoxy) is 2. The monoisotopic (exact) mass is 227 g/mol. The highest BCUT2D eigenvalue weighted by Gasteiger charge is 2.39. The van der Waals surface area contributed by atoms with Gasteiger partial charge in [0.2, 0.25) is 0 Å². The number of hydrogen-bond acceptors (Lipinski definition) is 3. The number of methoxy groups -OCH3 is 1. The molecule has 3 heteroatoms. The van der Waals surface area contributed by atoms with Gasteiger partial charge in [-0.15, -0.1) is 0 Å². The molecule has 2 aliphatic rings. The maximum Gasteiger partial charge on any atom is 0.0701 e. The van der Waals surface area contributed by atoms with Gasteiger partial charge in [0.1, 0.15) is 0 Å². The second-order valence-corrected chi connectivity index (χ2v) is 5.50. The van der Waals surface area contributed by atoms with Crippen molar-refractivity contribution in [2.45, 2.75) is 38.1 Å². The number of fused-ring (bicyclic) bond motifs is 2. The largest absolute Gasteiger partial charge is 0.382 e. The van der Waals surface area contributed by atoms with Crippen LogP contribution in [0, 0.1) is 17.8 Å². The van der Waals surface area contributed by atoms with E-state index in [-0.39, 0.29) is 6.04 Å². The molecule has 0 saturated heterocycles. The number of rotatable bonds is 7. The summed E-state index contributed by atoms with van der Waals surface area (Å²) in [6.07, 6.45) is 6.99. The molecule has 4 atom stereocenters. The Labute approximate surface area is 98.7 Å². The molecular formula is C13H25NO2. The lowest BCUT2D eigenvalue weighted by Gasteiger charge is -2.24. The maximum absolute atomic E-state index is 6.10. The molecule has 3 nitrogen and oxygen atoms in total. The molecule has 2 N–H and O–H groups in total. The fraction of sp³-hybridized carbons (Fsp3) is 1.00. The summed E-state index contributed by atoms with van der Waals surface area (Å²) in [7, 11) is 1.69. The van der Waals surface area contributed by atoms with Crippen LogP contribution < -0.4 is 5.73 Å². The third-order valence-corrected chi connectivity index (χ3v) is 4.25. The highest BCUT2D eigenvalue weighted by molar-refractivity contribution is 4.91. The van der Waals surface area contributed by atoms with Crippen LogP contribution in [-0.4, -0.2) is 33.0 Å². The quantitative estimate of drug-likeness (QED) is 0.675. The zero-order valence-electron chi connectivity index (χ0n) is 10.4. The first-order chi connectivity index (χ1) is 7.79. The third-order valence-electron chi connectivity index (χ3n) is 4.25. The van der Waals surface area contributed by atoms with Crippen molar-refractivity contribution in [3.63, 3.8) is 0 Å². The summed E-state index contributed by atoms with van der Waals surface area (Å²) in [5.41, 5.74) is 6.10. The fourth-order valence-electron chi connectivity index (χ4n) is 3.50. The van der Waals surface area contributed by atoms with Crippen molar-refractivity contribution < 1.29 is 9.47 Å². The standard InChI is InChI=1S/C13H25NO2/c1-15-4-5-16-9-13(14)8-12-7-10-2-3-11(12)6-10/h10-13H,2-9,14H2,1H3. The number of nitrogens with two attached hydrogens (primary N) is 1. The van der Waals surface area contributed by atoms with Crippen molar-refractivity contribution in [1.82, 2.24) is 0 Å². The molecule has 0 aliphatic heterocycles. The van der Waals surface area contributed by atoms with Gasteiger partial charge in [0.05, 0.1) is 19.8 Å². The average Bonchev–Trinajstić information content (AvgIpc) is 2.86. The lowest BCUT2D eigenvalue weighted by Crippen LogP contribution is -2.31. The number of hydrogen-bond donors (Lipinski definition) is 1. The molecule has 0 aromatic carbocycles. The van der Waals surface area contributed by atoms with Crippen LogP contribution in [0.2, 0.25) is 0 Å². The molecule has 2 rings (SSSR count). The van der Waals surface area contributed by atoms with Gasteiger partial charge >= 0.3 is 0 Å². The van der Waals surface area contributed by atoms with E-state index in [1.165, 1.54) is 25.7 Å². The van der Waals surface area contributed by atoms with E-state index in [1.807, 2.05) is 0 Å². The van der Waals surface area contributed by atoms with E-state index in [9.17, 15) is 0 Å². The smallest absolute Gasteiger partial charge is 0.0701 e. The van der Waals surface area contributed by atoms with E-state index in [1.54, 1.807) is 7.11 Å². The summed E-state index contributed by atoms with van der Waals surface area (Å²) in [5, 5.41) is 0. The van der Waals surface area contributed by atoms with E-state index in [0.717, 1.165) is 24.2 Å². The Balaban J connectivity index is 1.58. The van der Waals surface area contributed by atoms with Gasteiger partial charge in [0.15, 0.2) is 0 Å². The van der Waals surface area contributed by atoms with Crippen LogP contribution in [0.4, 0.5) is 0 Å². The molecule has 16 heavy (non-hydrogen) atoms. The van der Waals surface area contributed by atoms with Crippen LogP contribution in [0.15, 0.2) is 0 Å². The predicted octanol–water partition coefficient (Wildman–Crippen LogP) is 1.80. The van der Waals surface area contributed by atoms with Gasteiger partial charge in [-0.05, 0) is 43.4 Å². The van der Waals surface area contributed by atoms with E-state index < -0.39 is 0 Å². The maximum atomic E-state index is 6.10. The van der Waals surface area contributed by atoms with E-state index in [0.29, 0.717) is 19.8 Å². The van der Waals surface area contributed by atoms with Crippen LogP contribution in [0.25, 0.3) is 0 Å². The zero-order chi connectivity index (χ0) is 11.4. The summed E-state index contributed by atoms with van der Waals surface area (Å²) in [6.45, 7) is 2.03. The highest BCUT2D eigenvalue weighted by atomic mass is 16.5. The Morgan fingerprint density at radius 3 is 2.75 bits per heavy atom. The Morgan fingerprint density at radius 2 is 2.12 bits per heavy atom. The normalized spacial score (nSPS) is 34.5. The van der Waals surface area contributed by atoms with Gasteiger partial charge in [-0.25, -0.2) is 0 Å². The molecule has 0 radical (unpaired) electrons. The molecular weight excluding hydrogens is 202 g/mol. The Bertz CT molecular complexity index is 210. The lowest BCUT2D eigenvalue weighted by atomic mass is 9.84. The van der Waals surface area contributed by atoms with E-state index in [4.69, 9.17) is 15.2 Å². The van der Waals surface area contributed by atoms with Gasteiger partial charge in [-0.3, -0.25) is 0 Å². The van der Waals surface area contributed by atoms with E-state index in [2.05, 4.69) is 0 Å². The predicted molar refractivity (Wildman–Crippen MR) is 64.2 cm³/mol. The second kappa shape index (κ2) is 5.99. The second-order valence-electron chi connectivity index (χ2n) is 5.50. The van der Waals surface area contributed by atoms with E-state index >= 15 is 0 Å². The molecule has 0 aromatic heterocycles. The third kappa shape index (κ3) is 3.19. The molecule has 2 saturated carbocycles. The van der Waals surface area contributed by atoms with Gasteiger partial charge < -0.3 is 15.2 Å². The Morgan fingerprint density at radius 1 is 1.25 bits per heavy atom. The van der Waals surface area contributed by atoms with Gasteiger partial charge in [-0.1, -0.05) is 6.42 Å². The molecule has 0 heterocycles. The zero-order valence-corrected chi connectivity index (χ0v) is 10.4. The van der Waals surface area contributed by atoms with Crippen LogP contribution in [-0.2, 0) is 9.47 Å². The summed E-state index contributed by atoms with van der Waals surface area (Å²) in [4.78, 5) is 0. The van der Waals surface area contributed by atoms with Crippen LogP contribution >= 0.6 is 0 Å². The molecule has 2 aliphatic carbocycles. The first kappa shape index (κ1) is 12.3. The van der Waals surface area contributed by atoms with Crippen molar-refractivity contribution in [2.75, 3.05) is 26.9 Å². The van der Waals surface area contributed by atoms with Gasteiger partial charge in [0, 0.05) is 13.2 Å². The summed E-state index contributed by atoms with van der Waals surface area (Å²) in [5.74, 6) is 2.89. The van der Waals surface area contributed by atoms with Crippen LogP contribution in [0.1, 0.15) is 32.1 Å². The summed E-state index contributed by atoms with van der Waals surface area (Å²) < 4.78 is 10.4. The lowest BCUT2D eigenvalue weighted by molar-refractivity contribution is 0.0591. The highest BCUT2D eigenvalue weighted by Crippen LogP contribution is 2.49. The first-order valence-electron chi connectivity index (χ1n) is 6.62. The van der Waals surface area contributed by atoms with Gasteiger partial charge in [-0.2, -0.15) is 0 Å². The van der Waals surface area contributed by atoms with Crippen molar-refractivity contribution in [2.24, 2.45) is 23.5 Å². The van der Waals surface area contributed by atoms with Crippen LogP contribution in [0.5, 0.6) is 0 Å². The molecule has 0 amide bonds. The van der Waals surface area contributed by atoms with Crippen molar-refractivity contribution >= 4 is 0 Å². The minimum Gasteiger partial charge on any atom is -0.382 e. The van der Waals surface area contributed by atoms with Crippen LogP contribution in [0.3, 0.4) is 0 Å². The molecule has 0 aromatic rings. The molecule has 94 valence electrons. The fourth-order valence-corrected chi connectivity index (χ4v) is 3.50. The molecule has 0 spiro atoms. The van der Waals surface area contributed by atoms with Crippen molar-refractivity contribution in [1.29, 1.82) is 0 Å². The topological polar surface area (TPSA) is 44.5 Å². The molecule has 2 fully saturated rings. The van der Waals surface area contributed by atoms with Gasteiger partial charge in [0.25, 0.3) is 0 Å².